The molecule has 21 heavy (non-hydrogen) atoms. The Kier molecular flexibility index (Phi) is 4.54. The van der Waals surface area contributed by atoms with E-state index < -0.39 is 0 Å². The Morgan fingerprint density at radius 2 is 2.05 bits per heavy atom. The Morgan fingerprint density at radius 1 is 1.33 bits per heavy atom. The van der Waals surface area contributed by atoms with E-state index in [1.54, 1.807) is 0 Å². The largest absolute Gasteiger partial charge is 0.335 e. The molecular weight excluding hydrogens is 284 g/mol. The number of amides is 1. The molecule has 0 saturated carbocycles. The predicted octanol–water partition coefficient (Wildman–Crippen LogP) is 2.24. The van der Waals surface area contributed by atoms with Crippen molar-refractivity contribution in [1.29, 1.82) is 0 Å². The number of aryl methyl sites for hydroxylation is 1. The first-order valence-electron chi connectivity index (χ1n) is 8.11. The minimum atomic E-state index is 0.148. The second kappa shape index (κ2) is 6.40. The van der Waals surface area contributed by atoms with Crippen LogP contribution in [0.25, 0.3) is 0 Å². The monoisotopic (exact) mass is 308 g/mol. The number of fused-ring (bicyclic) bond motifs is 2. The topological polar surface area (TPSA) is 58.1 Å². The molecule has 3 heterocycles. The van der Waals surface area contributed by atoms with Crippen molar-refractivity contribution < 1.29 is 4.79 Å². The summed E-state index contributed by atoms with van der Waals surface area (Å²) in [5.41, 5.74) is 0.850. The number of nitrogens with zero attached hydrogens (tertiary/aromatic N) is 3. The molecule has 0 spiro atoms. The van der Waals surface area contributed by atoms with Crippen molar-refractivity contribution >= 4 is 17.4 Å². The zero-order valence-electron chi connectivity index (χ0n) is 12.8. The lowest BCUT2D eigenvalue weighted by atomic mass is 9.97. The average molecular weight is 308 g/mol. The van der Waals surface area contributed by atoms with Gasteiger partial charge in [0.05, 0.1) is 5.69 Å². The molecule has 2 aliphatic rings. The van der Waals surface area contributed by atoms with E-state index in [0.29, 0.717) is 18.1 Å². The third-order valence-electron chi connectivity index (χ3n) is 4.70. The maximum Gasteiger partial charge on any atom is 0.267 e. The molecule has 0 aliphatic carbocycles. The van der Waals surface area contributed by atoms with Crippen LogP contribution in [0.5, 0.6) is 0 Å². The number of carbonyl (C=O) groups excluding carboxylic acids is 1. The SMILES string of the molecule is CCCN(C(=O)c1snnc1CC)C1CC2CCC(C1)N2. The van der Waals surface area contributed by atoms with E-state index in [1.807, 2.05) is 6.92 Å². The molecule has 1 N–H and O–H groups in total. The number of aromatic nitrogens is 2. The van der Waals surface area contributed by atoms with Crippen molar-refractivity contribution in [1.82, 2.24) is 19.8 Å². The van der Waals surface area contributed by atoms with Crippen molar-refractivity contribution in [3.05, 3.63) is 10.6 Å². The molecule has 0 radical (unpaired) electrons. The molecule has 1 amide bonds. The first-order chi connectivity index (χ1) is 10.2. The van der Waals surface area contributed by atoms with E-state index in [-0.39, 0.29) is 5.91 Å². The summed E-state index contributed by atoms with van der Waals surface area (Å²) in [7, 11) is 0. The molecule has 2 fully saturated rings. The highest BCUT2D eigenvalue weighted by Gasteiger charge is 2.38. The van der Waals surface area contributed by atoms with Gasteiger partial charge >= 0.3 is 0 Å². The van der Waals surface area contributed by atoms with Crippen LogP contribution in [0.15, 0.2) is 0 Å². The van der Waals surface area contributed by atoms with Gasteiger partial charge in [0, 0.05) is 24.7 Å². The van der Waals surface area contributed by atoms with Gasteiger partial charge in [-0.15, -0.1) is 5.10 Å². The standard InChI is InChI=1S/C15H24N4OS/c1-3-7-19(12-8-10-5-6-11(9-12)16-10)15(20)14-13(4-2)17-18-21-14/h10-12,16H,3-9H2,1-2H3. The number of rotatable bonds is 5. The summed E-state index contributed by atoms with van der Waals surface area (Å²) < 4.78 is 3.98. The van der Waals surface area contributed by atoms with E-state index in [1.165, 1.54) is 24.4 Å². The summed E-state index contributed by atoms with van der Waals surface area (Å²) >= 11 is 1.25. The number of piperidine rings is 1. The van der Waals surface area contributed by atoms with Gasteiger partial charge < -0.3 is 10.2 Å². The molecule has 2 unspecified atom stereocenters. The van der Waals surface area contributed by atoms with Gasteiger partial charge in [0.25, 0.3) is 5.91 Å². The second-order valence-electron chi connectivity index (χ2n) is 6.16. The third kappa shape index (κ3) is 2.97. The lowest BCUT2D eigenvalue weighted by Gasteiger charge is -2.37. The molecule has 2 atom stereocenters. The van der Waals surface area contributed by atoms with E-state index in [2.05, 4.69) is 26.7 Å². The van der Waals surface area contributed by atoms with Crippen LogP contribution in [0.1, 0.15) is 61.3 Å². The van der Waals surface area contributed by atoms with Crippen LogP contribution in [-0.2, 0) is 6.42 Å². The number of nitrogens with one attached hydrogen (secondary N) is 1. The lowest BCUT2D eigenvalue weighted by molar-refractivity contribution is 0.0620. The third-order valence-corrected chi connectivity index (χ3v) is 5.46. The van der Waals surface area contributed by atoms with Gasteiger partial charge in [-0.1, -0.05) is 18.3 Å². The average Bonchev–Trinajstić information content (AvgIpc) is 3.10. The van der Waals surface area contributed by atoms with Crippen LogP contribution in [0.3, 0.4) is 0 Å². The predicted molar refractivity (Wildman–Crippen MR) is 83.6 cm³/mol. The molecule has 6 heteroatoms. The van der Waals surface area contributed by atoms with E-state index >= 15 is 0 Å². The minimum Gasteiger partial charge on any atom is -0.335 e. The molecule has 1 aromatic heterocycles. The summed E-state index contributed by atoms with van der Waals surface area (Å²) in [4.78, 5) is 15.8. The fourth-order valence-corrected chi connectivity index (χ4v) is 4.41. The van der Waals surface area contributed by atoms with E-state index in [0.717, 1.165) is 42.8 Å². The van der Waals surface area contributed by atoms with Gasteiger partial charge in [0.15, 0.2) is 0 Å². The number of hydrogen-bond donors (Lipinski definition) is 1. The van der Waals surface area contributed by atoms with Gasteiger partial charge in [0.2, 0.25) is 0 Å². The van der Waals surface area contributed by atoms with Gasteiger partial charge in [-0.3, -0.25) is 4.79 Å². The van der Waals surface area contributed by atoms with Gasteiger partial charge in [-0.25, -0.2) is 0 Å². The minimum absolute atomic E-state index is 0.148. The summed E-state index contributed by atoms with van der Waals surface area (Å²) in [5.74, 6) is 0.148. The fraction of sp³-hybridized carbons (Fsp3) is 0.800. The van der Waals surface area contributed by atoms with Gasteiger partial charge in [-0.05, 0) is 50.1 Å². The molecule has 2 aliphatic heterocycles. The zero-order chi connectivity index (χ0) is 14.8. The maximum absolute atomic E-state index is 12.9. The van der Waals surface area contributed by atoms with Crippen LogP contribution >= 0.6 is 11.5 Å². The zero-order valence-corrected chi connectivity index (χ0v) is 13.7. The van der Waals surface area contributed by atoms with Crippen LogP contribution < -0.4 is 5.32 Å². The Hall–Kier alpha value is -1.01. The number of carbonyl (C=O) groups is 1. The highest BCUT2D eigenvalue weighted by Crippen LogP contribution is 2.31. The fourth-order valence-electron chi connectivity index (χ4n) is 3.71. The Morgan fingerprint density at radius 3 is 2.67 bits per heavy atom. The van der Waals surface area contributed by atoms with Crippen molar-refractivity contribution in [2.24, 2.45) is 0 Å². The molecule has 116 valence electrons. The maximum atomic E-state index is 12.9. The normalized spacial score (nSPS) is 27.8. The van der Waals surface area contributed by atoms with Crippen LogP contribution in [0.4, 0.5) is 0 Å². The summed E-state index contributed by atoms with van der Waals surface area (Å²) in [5, 5.41) is 7.75. The second-order valence-corrected chi connectivity index (χ2v) is 6.92. The Bertz CT molecular complexity index is 492. The first kappa shape index (κ1) is 14.9. The molecule has 1 aromatic rings. The van der Waals surface area contributed by atoms with E-state index in [4.69, 9.17) is 0 Å². The molecule has 0 aromatic carbocycles. The highest BCUT2D eigenvalue weighted by molar-refractivity contribution is 7.08. The van der Waals surface area contributed by atoms with Crippen LogP contribution in [0.2, 0.25) is 0 Å². The van der Waals surface area contributed by atoms with Crippen LogP contribution in [-0.4, -0.2) is 45.1 Å². The summed E-state index contributed by atoms with van der Waals surface area (Å²) in [6.45, 7) is 5.01. The Labute approximate surface area is 130 Å². The van der Waals surface area contributed by atoms with E-state index in [9.17, 15) is 4.79 Å². The highest BCUT2D eigenvalue weighted by atomic mass is 32.1. The van der Waals surface area contributed by atoms with Gasteiger partial charge in [0.1, 0.15) is 4.88 Å². The number of hydrogen-bond acceptors (Lipinski definition) is 5. The molecular formula is C15H24N4OS. The summed E-state index contributed by atoms with van der Waals surface area (Å²) in [6.07, 6.45) is 6.48. The van der Waals surface area contributed by atoms with Crippen molar-refractivity contribution in [2.45, 2.75) is 70.5 Å². The van der Waals surface area contributed by atoms with Crippen LogP contribution in [0, 0.1) is 0 Å². The first-order valence-corrected chi connectivity index (χ1v) is 8.88. The Balaban J connectivity index is 1.79. The molecule has 2 bridgehead atoms. The molecule has 3 rings (SSSR count). The summed E-state index contributed by atoms with van der Waals surface area (Å²) in [6, 6.07) is 1.58. The van der Waals surface area contributed by atoms with Gasteiger partial charge in [-0.2, -0.15) is 0 Å². The quantitative estimate of drug-likeness (QED) is 0.906. The van der Waals surface area contributed by atoms with Crippen molar-refractivity contribution in [3.63, 3.8) is 0 Å². The molecule has 2 saturated heterocycles. The van der Waals surface area contributed by atoms with Crippen molar-refractivity contribution in [3.8, 4) is 0 Å². The molecule has 5 nitrogen and oxygen atoms in total. The lowest BCUT2D eigenvalue weighted by Crippen LogP contribution is -2.50. The van der Waals surface area contributed by atoms with Crippen molar-refractivity contribution in [2.75, 3.05) is 6.54 Å². The smallest absolute Gasteiger partial charge is 0.267 e.